The number of ether oxygens (including phenoxy) is 2. The van der Waals surface area contributed by atoms with Gasteiger partial charge in [0.25, 0.3) is 0 Å². The Bertz CT molecular complexity index is 1740. The van der Waals surface area contributed by atoms with E-state index in [1.54, 1.807) is 30.3 Å². The van der Waals surface area contributed by atoms with Gasteiger partial charge in [-0.1, -0.05) is 74.0 Å². The van der Waals surface area contributed by atoms with E-state index >= 15 is 0 Å². The van der Waals surface area contributed by atoms with Crippen molar-refractivity contribution in [2.45, 2.75) is 39.5 Å². The van der Waals surface area contributed by atoms with Crippen LogP contribution >= 0.6 is 0 Å². The maximum atomic E-state index is 13.7. The topological polar surface area (TPSA) is 86.0 Å². The van der Waals surface area contributed by atoms with Crippen molar-refractivity contribution in [3.63, 3.8) is 0 Å². The number of carbonyl (C=O) groups is 1. The Morgan fingerprint density at radius 3 is 2.17 bits per heavy atom. The standard InChI is InChI=1S/C36H34O6/c1-3-12-29-31(20-19-28(24(2)37)34(29)38)41-22-11-10-21-40-27-17-18-30-32(23-27)42-36(26-15-8-5-9-16-26)33(35(30)39)25-13-6-4-7-14-25/h4-9,13-20,23,38H,3,10-12,21-22H2,1-2H3. The molecular formula is C36H34O6. The average molecular weight is 563 g/mol. The van der Waals surface area contributed by atoms with Gasteiger partial charge in [0.1, 0.15) is 28.6 Å². The van der Waals surface area contributed by atoms with Crippen molar-refractivity contribution in [3.05, 3.63) is 112 Å². The van der Waals surface area contributed by atoms with Crippen LogP contribution in [0.25, 0.3) is 33.4 Å². The van der Waals surface area contributed by atoms with Crippen LogP contribution < -0.4 is 14.9 Å². The van der Waals surface area contributed by atoms with Gasteiger partial charge in [0.15, 0.2) is 5.78 Å². The lowest BCUT2D eigenvalue weighted by Crippen LogP contribution is -2.08. The van der Waals surface area contributed by atoms with E-state index in [-0.39, 0.29) is 17.0 Å². The number of hydrogen-bond donors (Lipinski definition) is 1. The first-order chi connectivity index (χ1) is 20.5. The van der Waals surface area contributed by atoms with Gasteiger partial charge in [-0.3, -0.25) is 9.59 Å². The molecule has 42 heavy (non-hydrogen) atoms. The monoisotopic (exact) mass is 562 g/mol. The number of hydrogen-bond acceptors (Lipinski definition) is 6. The number of phenols is 1. The van der Waals surface area contributed by atoms with Crippen molar-refractivity contribution in [3.8, 4) is 39.7 Å². The molecule has 6 heteroatoms. The zero-order chi connectivity index (χ0) is 29.5. The van der Waals surface area contributed by atoms with Crippen LogP contribution in [0.3, 0.4) is 0 Å². The molecule has 214 valence electrons. The first-order valence-electron chi connectivity index (χ1n) is 14.3. The van der Waals surface area contributed by atoms with Gasteiger partial charge < -0.3 is 19.0 Å². The Kier molecular flexibility index (Phi) is 9.02. The normalized spacial score (nSPS) is 11.0. The van der Waals surface area contributed by atoms with Crippen LogP contribution in [0.1, 0.15) is 49.0 Å². The number of rotatable bonds is 12. The van der Waals surface area contributed by atoms with E-state index in [0.29, 0.717) is 64.6 Å². The van der Waals surface area contributed by atoms with Crippen molar-refractivity contribution >= 4 is 16.8 Å². The number of Topliss-reactive ketones (excluding diaryl/α,β-unsaturated/α-hetero) is 1. The predicted octanol–water partition coefficient (Wildman–Crippen LogP) is 8.23. The molecule has 6 nitrogen and oxygen atoms in total. The zero-order valence-electron chi connectivity index (χ0n) is 23.9. The summed E-state index contributed by atoms with van der Waals surface area (Å²) >= 11 is 0. The van der Waals surface area contributed by atoms with Gasteiger partial charge in [-0.25, -0.2) is 0 Å². The maximum absolute atomic E-state index is 13.7. The highest BCUT2D eigenvalue weighted by atomic mass is 16.5. The van der Waals surface area contributed by atoms with E-state index in [1.807, 2.05) is 67.6 Å². The number of aromatic hydroxyl groups is 1. The Hall–Kier alpha value is -4.84. The predicted molar refractivity (Wildman–Crippen MR) is 166 cm³/mol. The van der Waals surface area contributed by atoms with Crippen LogP contribution in [0.2, 0.25) is 0 Å². The fraction of sp³-hybridized carbons (Fsp3) is 0.222. The van der Waals surface area contributed by atoms with Gasteiger partial charge >= 0.3 is 0 Å². The fourth-order valence-corrected chi connectivity index (χ4v) is 5.03. The van der Waals surface area contributed by atoms with Crippen LogP contribution in [0, 0.1) is 0 Å². The summed E-state index contributed by atoms with van der Waals surface area (Å²) in [6.07, 6.45) is 2.93. The van der Waals surface area contributed by atoms with Crippen molar-refractivity contribution in [2.24, 2.45) is 0 Å². The molecule has 0 aliphatic heterocycles. The van der Waals surface area contributed by atoms with E-state index in [0.717, 1.165) is 30.4 Å². The van der Waals surface area contributed by atoms with E-state index in [4.69, 9.17) is 13.9 Å². The molecule has 0 aliphatic rings. The first-order valence-corrected chi connectivity index (χ1v) is 14.3. The highest BCUT2D eigenvalue weighted by Gasteiger charge is 2.19. The molecule has 0 unspecified atom stereocenters. The second kappa shape index (κ2) is 13.2. The van der Waals surface area contributed by atoms with Gasteiger partial charge in [0, 0.05) is 17.2 Å². The maximum Gasteiger partial charge on any atom is 0.201 e. The number of ketones is 1. The van der Waals surface area contributed by atoms with E-state index in [2.05, 4.69) is 0 Å². The zero-order valence-corrected chi connectivity index (χ0v) is 23.9. The molecule has 5 aromatic rings. The van der Waals surface area contributed by atoms with Crippen molar-refractivity contribution in [1.82, 2.24) is 0 Å². The van der Waals surface area contributed by atoms with Crippen LogP contribution in [0.5, 0.6) is 17.2 Å². The van der Waals surface area contributed by atoms with Crippen LogP contribution in [-0.2, 0) is 6.42 Å². The summed E-state index contributed by atoms with van der Waals surface area (Å²) in [6, 6.07) is 27.9. The molecule has 1 aromatic heterocycles. The largest absolute Gasteiger partial charge is 0.507 e. The number of phenolic OH excluding ortho intramolecular Hbond substituents is 1. The van der Waals surface area contributed by atoms with Gasteiger partial charge in [-0.05, 0) is 56.0 Å². The number of unbranched alkanes of at least 4 members (excludes halogenated alkanes) is 1. The summed E-state index contributed by atoms with van der Waals surface area (Å²) in [7, 11) is 0. The first kappa shape index (κ1) is 28.7. The molecule has 4 aromatic carbocycles. The van der Waals surface area contributed by atoms with Gasteiger partial charge in [-0.15, -0.1) is 0 Å². The lowest BCUT2D eigenvalue weighted by Gasteiger charge is -2.15. The SMILES string of the molecule is CCCc1c(OCCCCOc2ccc3c(=O)c(-c4ccccc4)c(-c4ccccc4)oc3c2)ccc(C(C)=O)c1O. The molecule has 5 rings (SSSR count). The van der Waals surface area contributed by atoms with Crippen LogP contribution in [0.4, 0.5) is 0 Å². The number of carbonyl (C=O) groups excluding carboxylic acids is 1. The van der Waals surface area contributed by atoms with Crippen LogP contribution in [-0.4, -0.2) is 24.1 Å². The van der Waals surface area contributed by atoms with Crippen molar-refractivity contribution in [2.75, 3.05) is 13.2 Å². The Morgan fingerprint density at radius 1 is 0.833 bits per heavy atom. The quantitative estimate of drug-likeness (QED) is 0.122. The summed E-state index contributed by atoms with van der Waals surface area (Å²) in [5.41, 5.74) is 3.54. The molecule has 0 spiro atoms. The Morgan fingerprint density at radius 2 is 1.50 bits per heavy atom. The molecule has 1 heterocycles. The highest BCUT2D eigenvalue weighted by Crippen LogP contribution is 2.34. The second-order valence-electron chi connectivity index (χ2n) is 10.2. The Labute approximate surface area is 245 Å². The molecule has 1 N–H and O–H groups in total. The number of fused-ring (bicyclic) bond motifs is 1. The van der Waals surface area contributed by atoms with E-state index in [1.165, 1.54) is 6.92 Å². The lowest BCUT2D eigenvalue weighted by atomic mass is 9.98. The smallest absolute Gasteiger partial charge is 0.201 e. The van der Waals surface area contributed by atoms with E-state index in [9.17, 15) is 14.7 Å². The summed E-state index contributed by atoms with van der Waals surface area (Å²) < 4.78 is 18.3. The summed E-state index contributed by atoms with van der Waals surface area (Å²) in [5, 5.41) is 11.0. The number of benzene rings is 4. The minimum Gasteiger partial charge on any atom is -0.507 e. The second-order valence-corrected chi connectivity index (χ2v) is 10.2. The molecule has 0 bridgehead atoms. The average Bonchev–Trinajstić information content (AvgIpc) is 3.01. The molecule has 0 amide bonds. The molecular weight excluding hydrogens is 528 g/mol. The summed E-state index contributed by atoms with van der Waals surface area (Å²) in [4.78, 5) is 25.5. The molecule has 0 aliphatic carbocycles. The Balaban J connectivity index is 1.27. The van der Waals surface area contributed by atoms with Gasteiger partial charge in [-0.2, -0.15) is 0 Å². The fourth-order valence-electron chi connectivity index (χ4n) is 5.03. The lowest BCUT2D eigenvalue weighted by molar-refractivity contribution is 0.101. The van der Waals surface area contributed by atoms with Crippen molar-refractivity contribution < 1.29 is 23.8 Å². The minimum atomic E-state index is -0.172. The summed E-state index contributed by atoms with van der Waals surface area (Å²) in [6.45, 7) is 4.37. The van der Waals surface area contributed by atoms with Crippen molar-refractivity contribution in [1.29, 1.82) is 0 Å². The molecule has 0 atom stereocenters. The minimum absolute atomic E-state index is 0.0134. The molecule has 0 fully saturated rings. The third-order valence-electron chi connectivity index (χ3n) is 7.15. The molecule has 0 saturated heterocycles. The third-order valence-corrected chi connectivity index (χ3v) is 7.15. The van der Waals surface area contributed by atoms with Crippen LogP contribution in [0.15, 0.2) is 100 Å². The molecule has 0 radical (unpaired) electrons. The third kappa shape index (κ3) is 6.23. The van der Waals surface area contributed by atoms with Gasteiger partial charge in [0.05, 0.1) is 29.7 Å². The van der Waals surface area contributed by atoms with Gasteiger partial charge in [0.2, 0.25) is 5.43 Å². The van der Waals surface area contributed by atoms with E-state index < -0.39 is 0 Å². The summed E-state index contributed by atoms with van der Waals surface area (Å²) in [5.74, 6) is 1.59. The molecule has 0 saturated carbocycles. The highest BCUT2D eigenvalue weighted by molar-refractivity contribution is 5.97.